The van der Waals surface area contributed by atoms with Gasteiger partial charge in [0.15, 0.2) is 0 Å². The van der Waals surface area contributed by atoms with Gasteiger partial charge in [0.05, 0.1) is 11.9 Å². The maximum atomic E-state index is 12.8. The van der Waals surface area contributed by atoms with Crippen molar-refractivity contribution in [3.8, 4) is 0 Å². The first-order valence-corrected chi connectivity index (χ1v) is 6.82. The van der Waals surface area contributed by atoms with E-state index in [1.807, 2.05) is 0 Å². The molecule has 0 bridgehead atoms. The lowest BCUT2D eigenvalue weighted by Crippen LogP contribution is -2.23. The van der Waals surface area contributed by atoms with E-state index in [0.29, 0.717) is 0 Å². The molecule has 1 aromatic rings. The summed E-state index contributed by atoms with van der Waals surface area (Å²) in [5.74, 6) is -0.273. The van der Waals surface area contributed by atoms with E-state index >= 15 is 0 Å². The predicted molar refractivity (Wildman–Crippen MR) is 71.8 cm³/mol. The first kappa shape index (κ1) is 13.2. The standard InChI is InChI=1S/C15H21FN2/c1-2-14(15-8-7-13(16)11-18-15)17-10-9-12-5-3-4-6-12/h5,7-8,11,14,17H,2-4,6,9-10H2,1H3. The Morgan fingerprint density at radius 3 is 2.94 bits per heavy atom. The minimum atomic E-state index is -0.273. The Kier molecular flexibility index (Phi) is 4.88. The Labute approximate surface area is 108 Å². The van der Waals surface area contributed by atoms with Gasteiger partial charge in [-0.05, 0) is 50.8 Å². The highest BCUT2D eigenvalue weighted by atomic mass is 19.1. The third-order valence-electron chi connectivity index (χ3n) is 3.49. The third kappa shape index (κ3) is 3.64. The number of nitrogens with one attached hydrogen (secondary N) is 1. The Morgan fingerprint density at radius 2 is 2.33 bits per heavy atom. The van der Waals surface area contributed by atoms with E-state index in [2.05, 4.69) is 23.3 Å². The van der Waals surface area contributed by atoms with Crippen LogP contribution in [0.1, 0.15) is 50.8 Å². The first-order chi connectivity index (χ1) is 8.79. The van der Waals surface area contributed by atoms with E-state index < -0.39 is 0 Å². The molecule has 18 heavy (non-hydrogen) atoms. The number of hydrogen-bond donors (Lipinski definition) is 1. The highest BCUT2D eigenvalue weighted by Gasteiger charge is 2.11. The van der Waals surface area contributed by atoms with Gasteiger partial charge in [0.2, 0.25) is 0 Å². The lowest BCUT2D eigenvalue weighted by molar-refractivity contribution is 0.506. The van der Waals surface area contributed by atoms with Crippen molar-refractivity contribution in [1.82, 2.24) is 10.3 Å². The van der Waals surface area contributed by atoms with Crippen molar-refractivity contribution < 1.29 is 4.39 Å². The lowest BCUT2D eigenvalue weighted by atomic mass is 10.1. The second-order valence-corrected chi connectivity index (χ2v) is 4.82. The zero-order chi connectivity index (χ0) is 12.8. The second kappa shape index (κ2) is 6.64. The van der Waals surface area contributed by atoms with Gasteiger partial charge >= 0.3 is 0 Å². The molecule has 0 aromatic carbocycles. The van der Waals surface area contributed by atoms with Gasteiger partial charge in [0.25, 0.3) is 0 Å². The third-order valence-corrected chi connectivity index (χ3v) is 3.49. The van der Waals surface area contributed by atoms with E-state index in [4.69, 9.17) is 0 Å². The van der Waals surface area contributed by atoms with Crippen LogP contribution >= 0.6 is 0 Å². The molecule has 2 rings (SSSR count). The average Bonchev–Trinajstić information content (AvgIpc) is 2.89. The van der Waals surface area contributed by atoms with Crippen LogP contribution in [0.5, 0.6) is 0 Å². The molecule has 0 amide bonds. The average molecular weight is 248 g/mol. The summed E-state index contributed by atoms with van der Waals surface area (Å²) in [6, 6.07) is 3.48. The number of hydrogen-bond acceptors (Lipinski definition) is 2. The molecule has 0 aliphatic heterocycles. The molecule has 1 N–H and O–H groups in total. The van der Waals surface area contributed by atoms with Crippen LogP contribution in [-0.4, -0.2) is 11.5 Å². The van der Waals surface area contributed by atoms with Crippen molar-refractivity contribution in [2.75, 3.05) is 6.54 Å². The molecule has 1 atom stereocenters. The predicted octanol–water partition coefficient (Wildman–Crippen LogP) is 3.76. The summed E-state index contributed by atoms with van der Waals surface area (Å²) in [5.41, 5.74) is 2.50. The molecule has 1 aromatic heterocycles. The van der Waals surface area contributed by atoms with Gasteiger partial charge in [-0.2, -0.15) is 0 Å². The van der Waals surface area contributed by atoms with Gasteiger partial charge in [0, 0.05) is 6.04 Å². The molecule has 0 saturated heterocycles. The Hall–Kier alpha value is -1.22. The molecule has 3 heteroatoms. The van der Waals surface area contributed by atoms with E-state index in [0.717, 1.165) is 25.1 Å². The zero-order valence-electron chi connectivity index (χ0n) is 11.0. The Morgan fingerprint density at radius 1 is 1.44 bits per heavy atom. The molecular weight excluding hydrogens is 227 g/mol. The summed E-state index contributed by atoms with van der Waals surface area (Å²) in [5, 5.41) is 3.51. The molecular formula is C15H21FN2. The van der Waals surface area contributed by atoms with Gasteiger partial charge in [-0.1, -0.05) is 18.6 Å². The molecule has 2 nitrogen and oxygen atoms in total. The van der Waals surface area contributed by atoms with Crippen molar-refractivity contribution in [2.45, 2.75) is 45.1 Å². The monoisotopic (exact) mass is 248 g/mol. The largest absolute Gasteiger partial charge is 0.308 e. The van der Waals surface area contributed by atoms with Gasteiger partial charge in [-0.3, -0.25) is 4.98 Å². The number of allylic oxidation sites excluding steroid dienone is 1. The van der Waals surface area contributed by atoms with Crippen molar-refractivity contribution >= 4 is 0 Å². The smallest absolute Gasteiger partial charge is 0.141 e. The number of pyridine rings is 1. The van der Waals surface area contributed by atoms with Crippen LogP contribution in [0.15, 0.2) is 30.0 Å². The summed E-state index contributed by atoms with van der Waals surface area (Å²) in [4.78, 5) is 4.15. The van der Waals surface area contributed by atoms with E-state index in [9.17, 15) is 4.39 Å². The van der Waals surface area contributed by atoms with Crippen molar-refractivity contribution in [3.63, 3.8) is 0 Å². The topological polar surface area (TPSA) is 24.9 Å². The molecule has 1 heterocycles. The summed E-state index contributed by atoms with van der Waals surface area (Å²) >= 11 is 0. The van der Waals surface area contributed by atoms with E-state index in [-0.39, 0.29) is 11.9 Å². The van der Waals surface area contributed by atoms with Crippen molar-refractivity contribution in [2.24, 2.45) is 0 Å². The molecule has 98 valence electrons. The number of halogens is 1. The van der Waals surface area contributed by atoms with Crippen LogP contribution in [-0.2, 0) is 0 Å². The first-order valence-electron chi connectivity index (χ1n) is 6.82. The van der Waals surface area contributed by atoms with Crippen LogP contribution in [0, 0.1) is 5.82 Å². The summed E-state index contributed by atoms with van der Waals surface area (Å²) in [6.45, 7) is 3.10. The minimum Gasteiger partial charge on any atom is -0.308 e. The maximum Gasteiger partial charge on any atom is 0.141 e. The van der Waals surface area contributed by atoms with Crippen LogP contribution in [0.25, 0.3) is 0 Å². The molecule has 0 fully saturated rings. The highest BCUT2D eigenvalue weighted by molar-refractivity contribution is 5.11. The maximum absolute atomic E-state index is 12.8. The fourth-order valence-electron chi connectivity index (χ4n) is 2.42. The Bertz CT molecular complexity index is 397. The van der Waals surface area contributed by atoms with Crippen LogP contribution in [0.2, 0.25) is 0 Å². The molecule has 0 spiro atoms. The van der Waals surface area contributed by atoms with Crippen LogP contribution in [0.4, 0.5) is 4.39 Å². The second-order valence-electron chi connectivity index (χ2n) is 4.82. The van der Waals surface area contributed by atoms with Crippen molar-refractivity contribution in [3.05, 3.63) is 41.5 Å². The van der Waals surface area contributed by atoms with Gasteiger partial charge < -0.3 is 5.32 Å². The Balaban J connectivity index is 1.83. The zero-order valence-corrected chi connectivity index (χ0v) is 11.0. The fraction of sp³-hybridized carbons (Fsp3) is 0.533. The molecule has 1 unspecified atom stereocenters. The van der Waals surface area contributed by atoms with E-state index in [1.54, 1.807) is 11.6 Å². The SMILES string of the molecule is CCC(NCCC1=CCCC1)c1ccc(F)cn1. The summed E-state index contributed by atoms with van der Waals surface area (Å²) in [7, 11) is 0. The van der Waals surface area contributed by atoms with Gasteiger partial charge in [-0.25, -0.2) is 4.39 Å². The molecule has 0 saturated carbocycles. The number of nitrogens with zero attached hydrogens (tertiary/aromatic N) is 1. The molecule has 1 aliphatic carbocycles. The fourth-order valence-corrected chi connectivity index (χ4v) is 2.42. The van der Waals surface area contributed by atoms with E-state index in [1.165, 1.54) is 31.5 Å². The lowest BCUT2D eigenvalue weighted by Gasteiger charge is -2.16. The van der Waals surface area contributed by atoms with Crippen molar-refractivity contribution in [1.29, 1.82) is 0 Å². The number of aromatic nitrogens is 1. The summed E-state index contributed by atoms with van der Waals surface area (Å²) in [6.07, 6.45) is 9.55. The van der Waals surface area contributed by atoms with Crippen LogP contribution in [0.3, 0.4) is 0 Å². The summed E-state index contributed by atoms with van der Waals surface area (Å²) < 4.78 is 12.8. The molecule has 1 aliphatic rings. The number of rotatable bonds is 6. The molecule has 0 radical (unpaired) electrons. The van der Waals surface area contributed by atoms with Gasteiger partial charge in [0.1, 0.15) is 5.82 Å². The normalized spacial score (nSPS) is 16.7. The van der Waals surface area contributed by atoms with Crippen LogP contribution < -0.4 is 5.32 Å². The van der Waals surface area contributed by atoms with Gasteiger partial charge in [-0.15, -0.1) is 0 Å². The quantitative estimate of drug-likeness (QED) is 0.775. The highest BCUT2D eigenvalue weighted by Crippen LogP contribution is 2.21. The minimum absolute atomic E-state index is 0.229.